The molecule has 2 aromatic carbocycles. The number of anilines is 1. The van der Waals surface area contributed by atoms with Gasteiger partial charge in [0, 0.05) is 17.8 Å². The molecule has 0 bridgehead atoms. The van der Waals surface area contributed by atoms with Crippen LogP contribution < -0.4 is 15.4 Å². The largest absolute Gasteiger partial charge is 0.332 e. The van der Waals surface area contributed by atoms with Crippen molar-refractivity contribution in [3.63, 3.8) is 0 Å². The summed E-state index contributed by atoms with van der Waals surface area (Å²) in [6.45, 7) is 5.51. The molecule has 2 aromatic rings. The van der Waals surface area contributed by atoms with Crippen LogP contribution >= 0.6 is 12.2 Å². The molecule has 0 aliphatic heterocycles. The molecule has 0 saturated heterocycles. The Morgan fingerprint density at radius 1 is 1.19 bits per heavy atom. The lowest BCUT2D eigenvalue weighted by Gasteiger charge is -2.11. The zero-order chi connectivity index (χ0) is 19.2. The van der Waals surface area contributed by atoms with Gasteiger partial charge in [0.15, 0.2) is 5.11 Å². The standard InChI is InChI=1S/C18H19N3O3S2/c1-3-11-19-26(23,24)16-9-7-15(8-10-16)20-18(25)21-17(22)14-6-4-5-13(2)12-14/h3-10,12,19H,1,11H2,2H3,(H2,20,21,22,25). The fraction of sp³-hybridized carbons (Fsp3) is 0.111. The van der Waals surface area contributed by atoms with E-state index in [1.165, 1.54) is 18.2 Å². The number of rotatable bonds is 6. The van der Waals surface area contributed by atoms with Crippen molar-refractivity contribution in [2.24, 2.45) is 0 Å². The van der Waals surface area contributed by atoms with Crippen molar-refractivity contribution in [3.8, 4) is 0 Å². The first-order valence-corrected chi connectivity index (χ1v) is 9.60. The van der Waals surface area contributed by atoms with Gasteiger partial charge in [-0.15, -0.1) is 6.58 Å². The molecule has 1 amide bonds. The second-order valence-electron chi connectivity index (χ2n) is 5.44. The van der Waals surface area contributed by atoms with E-state index in [9.17, 15) is 13.2 Å². The number of carbonyl (C=O) groups is 1. The highest BCUT2D eigenvalue weighted by Gasteiger charge is 2.13. The van der Waals surface area contributed by atoms with E-state index < -0.39 is 10.0 Å². The molecule has 3 N–H and O–H groups in total. The van der Waals surface area contributed by atoms with E-state index in [2.05, 4.69) is 21.9 Å². The molecule has 0 aromatic heterocycles. The second-order valence-corrected chi connectivity index (χ2v) is 7.62. The average molecular weight is 390 g/mol. The Kier molecular flexibility index (Phi) is 6.62. The van der Waals surface area contributed by atoms with Gasteiger partial charge in [0.05, 0.1) is 4.90 Å². The predicted molar refractivity (Wildman–Crippen MR) is 107 cm³/mol. The third-order valence-electron chi connectivity index (χ3n) is 3.35. The fourth-order valence-corrected chi connectivity index (χ4v) is 3.30. The zero-order valence-corrected chi connectivity index (χ0v) is 15.8. The quantitative estimate of drug-likeness (QED) is 0.522. The van der Waals surface area contributed by atoms with Gasteiger partial charge >= 0.3 is 0 Å². The van der Waals surface area contributed by atoms with Crippen molar-refractivity contribution in [1.29, 1.82) is 0 Å². The summed E-state index contributed by atoms with van der Waals surface area (Å²) in [5, 5.41) is 5.55. The monoisotopic (exact) mass is 389 g/mol. The molecule has 6 nitrogen and oxygen atoms in total. The summed E-state index contributed by atoms with van der Waals surface area (Å²) in [6, 6.07) is 13.2. The van der Waals surface area contributed by atoms with Crippen molar-refractivity contribution in [2.45, 2.75) is 11.8 Å². The molecular weight excluding hydrogens is 370 g/mol. The number of benzene rings is 2. The van der Waals surface area contributed by atoms with Gasteiger partial charge in [-0.05, 0) is 55.5 Å². The number of amides is 1. The highest BCUT2D eigenvalue weighted by Crippen LogP contribution is 2.14. The minimum atomic E-state index is -3.58. The predicted octanol–water partition coefficient (Wildman–Crippen LogP) is 2.59. The van der Waals surface area contributed by atoms with E-state index in [0.717, 1.165) is 5.56 Å². The van der Waals surface area contributed by atoms with Crippen molar-refractivity contribution in [3.05, 3.63) is 72.3 Å². The Hall–Kier alpha value is -2.55. The average Bonchev–Trinajstić information content (AvgIpc) is 2.60. The summed E-state index contributed by atoms with van der Waals surface area (Å²) in [7, 11) is -3.58. The van der Waals surface area contributed by atoms with Gasteiger partial charge < -0.3 is 5.32 Å². The molecule has 8 heteroatoms. The van der Waals surface area contributed by atoms with Crippen LogP contribution in [0.15, 0.2) is 66.1 Å². The van der Waals surface area contributed by atoms with Gasteiger partial charge in [-0.3, -0.25) is 10.1 Å². The first kappa shape index (κ1) is 19.8. The van der Waals surface area contributed by atoms with Crippen LogP contribution in [-0.2, 0) is 10.0 Å². The summed E-state index contributed by atoms with van der Waals surface area (Å²) in [4.78, 5) is 12.3. The molecule has 26 heavy (non-hydrogen) atoms. The number of sulfonamides is 1. The normalized spacial score (nSPS) is 10.8. The maximum Gasteiger partial charge on any atom is 0.257 e. The molecule has 0 spiro atoms. The molecule has 2 rings (SSSR count). The lowest BCUT2D eigenvalue weighted by Crippen LogP contribution is -2.34. The van der Waals surface area contributed by atoms with Gasteiger partial charge in [0.2, 0.25) is 10.0 Å². The Bertz CT molecular complexity index is 923. The van der Waals surface area contributed by atoms with Crippen molar-refractivity contribution >= 4 is 38.9 Å². The molecule has 136 valence electrons. The topological polar surface area (TPSA) is 87.3 Å². The summed E-state index contributed by atoms with van der Waals surface area (Å²) in [5.41, 5.74) is 2.03. The summed E-state index contributed by atoms with van der Waals surface area (Å²) in [5.74, 6) is -0.320. The Morgan fingerprint density at radius 2 is 1.88 bits per heavy atom. The lowest BCUT2D eigenvalue weighted by atomic mass is 10.1. The smallest absolute Gasteiger partial charge is 0.257 e. The van der Waals surface area contributed by atoms with E-state index in [4.69, 9.17) is 12.2 Å². The third-order valence-corrected chi connectivity index (χ3v) is 4.99. The van der Waals surface area contributed by atoms with Crippen LogP contribution in [-0.4, -0.2) is 26.0 Å². The first-order chi connectivity index (χ1) is 12.3. The van der Waals surface area contributed by atoms with E-state index in [1.54, 1.807) is 30.3 Å². The molecule has 0 aliphatic rings. The zero-order valence-electron chi connectivity index (χ0n) is 14.2. The SMILES string of the molecule is C=CCNS(=O)(=O)c1ccc(NC(=S)NC(=O)c2cccc(C)c2)cc1. The summed E-state index contributed by atoms with van der Waals surface area (Å²) < 4.78 is 26.4. The second kappa shape index (κ2) is 8.70. The van der Waals surface area contributed by atoms with Gasteiger partial charge in [-0.25, -0.2) is 13.1 Å². The lowest BCUT2D eigenvalue weighted by molar-refractivity contribution is 0.0977. The molecule has 0 saturated carbocycles. The Morgan fingerprint density at radius 3 is 2.50 bits per heavy atom. The first-order valence-electron chi connectivity index (χ1n) is 7.71. The minimum absolute atomic E-state index is 0.122. The Balaban J connectivity index is 1.99. The molecule has 0 unspecified atom stereocenters. The van der Waals surface area contributed by atoms with Crippen LogP contribution in [0.5, 0.6) is 0 Å². The number of nitrogens with one attached hydrogen (secondary N) is 3. The number of carbonyl (C=O) groups excluding carboxylic acids is 1. The van der Waals surface area contributed by atoms with Crippen LogP contribution in [0.1, 0.15) is 15.9 Å². The number of thiocarbonyl (C=S) groups is 1. The van der Waals surface area contributed by atoms with Gasteiger partial charge in [0.1, 0.15) is 0 Å². The molecule has 0 heterocycles. The van der Waals surface area contributed by atoms with Crippen molar-refractivity contribution in [2.75, 3.05) is 11.9 Å². The number of hydrogen-bond donors (Lipinski definition) is 3. The van der Waals surface area contributed by atoms with E-state index in [0.29, 0.717) is 11.3 Å². The molecule has 0 aliphatic carbocycles. The number of aryl methyl sites for hydroxylation is 1. The maximum absolute atomic E-state index is 12.1. The highest BCUT2D eigenvalue weighted by molar-refractivity contribution is 7.89. The molecule has 0 radical (unpaired) electrons. The van der Waals surface area contributed by atoms with Crippen LogP contribution in [0.3, 0.4) is 0 Å². The Labute approximate surface area is 158 Å². The van der Waals surface area contributed by atoms with Crippen LogP contribution in [0.4, 0.5) is 5.69 Å². The van der Waals surface area contributed by atoms with Gasteiger partial charge in [0.25, 0.3) is 5.91 Å². The highest BCUT2D eigenvalue weighted by atomic mass is 32.2. The van der Waals surface area contributed by atoms with Gasteiger partial charge in [-0.1, -0.05) is 23.8 Å². The molecular formula is C18H19N3O3S2. The van der Waals surface area contributed by atoms with E-state index >= 15 is 0 Å². The van der Waals surface area contributed by atoms with E-state index in [-0.39, 0.29) is 22.5 Å². The third kappa shape index (κ3) is 5.48. The van der Waals surface area contributed by atoms with Crippen LogP contribution in [0.25, 0.3) is 0 Å². The number of hydrogen-bond acceptors (Lipinski definition) is 4. The van der Waals surface area contributed by atoms with Crippen LogP contribution in [0.2, 0.25) is 0 Å². The van der Waals surface area contributed by atoms with E-state index in [1.807, 2.05) is 13.0 Å². The van der Waals surface area contributed by atoms with Crippen molar-refractivity contribution < 1.29 is 13.2 Å². The fourth-order valence-electron chi connectivity index (χ4n) is 2.09. The summed E-state index contributed by atoms with van der Waals surface area (Å²) >= 11 is 5.12. The molecule has 0 fully saturated rings. The molecule has 0 atom stereocenters. The minimum Gasteiger partial charge on any atom is -0.332 e. The van der Waals surface area contributed by atoms with Crippen molar-refractivity contribution in [1.82, 2.24) is 10.0 Å². The van der Waals surface area contributed by atoms with Gasteiger partial charge in [-0.2, -0.15) is 0 Å². The maximum atomic E-state index is 12.1. The van der Waals surface area contributed by atoms with Crippen LogP contribution in [0, 0.1) is 6.92 Å². The summed E-state index contributed by atoms with van der Waals surface area (Å²) in [6.07, 6.45) is 1.46.